The average Bonchev–Trinajstić information content (AvgIpc) is 3.09. The van der Waals surface area contributed by atoms with E-state index in [1.165, 1.54) is 17.4 Å². The summed E-state index contributed by atoms with van der Waals surface area (Å²) in [5.41, 5.74) is 2.92. The second kappa shape index (κ2) is 7.31. The van der Waals surface area contributed by atoms with Crippen LogP contribution in [0.25, 0.3) is 17.5 Å². The number of aromatic nitrogens is 2. The molecule has 0 spiro atoms. The number of thiazole rings is 1. The normalized spacial score (nSPS) is 10.5. The Morgan fingerprint density at radius 2 is 2.00 bits per heavy atom. The summed E-state index contributed by atoms with van der Waals surface area (Å²) in [6.45, 7) is 0. The molecule has 0 aliphatic heterocycles. The lowest BCUT2D eigenvalue weighted by atomic mass is 10.1. The van der Waals surface area contributed by atoms with E-state index in [0.29, 0.717) is 10.7 Å². The van der Waals surface area contributed by atoms with Gasteiger partial charge in [-0.3, -0.25) is 15.1 Å². The summed E-state index contributed by atoms with van der Waals surface area (Å²) >= 11 is 1.35. The van der Waals surface area contributed by atoms with Gasteiger partial charge in [-0.15, -0.1) is 11.3 Å². The Morgan fingerprint density at radius 1 is 1.17 bits per heavy atom. The van der Waals surface area contributed by atoms with Crippen LogP contribution in [0, 0.1) is 11.3 Å². The fourth-order valence-corrected chi connectivity index (χ4v) is 2.66. The Labute approximate surface area is 142 Å². The molecular formula is C18H12N4OS. The molecule has 5 nitrogen and oxygen atoms in total. The minimum absolute atomic E-state index is 0.263. The first-order chi connectivity index (χ1) is 11.7. The molecule has 2 heterocycles. The molecule has 0 radical (unpaired) electrons. The highest BCUT2D eigenvalue weighted by molar-refractivity contribution is 7.14. The Kier molecular flexibility index (Phi) is 4.75. The van der Waals surface area contributed by atoms with Crippen LogP contribution < -0.4 is 5.32 Å². The molecule has 0 saturated carbocycles. The minimum Gasteiger partial charge on any atom is -0.298 e. The quantitative estimate of drug-likeness (QED) is 0.738. The van der Waals surface area contributed by atoms with E-state index in [2.05, 4.69) is 21.4 Å². The van der Waals surface area contributed by atoms with E-state index < -0.39 is 0 Å². The molecule has 0 saturated heterocycles. The molecule has 3 rings (SSSR count). The molecule has 0 atom stereocenters. The third kappa shape index (κ3) is 3.91. The molecular weight excluding hydrogens is 320 g/mol. The van der Waals surface area contributed by atoms with Gasteiger partial charge in [-0.2, -0.15) is 5.26 Å². The third-order valence-corrected chi connectivity index (χ3v) is 3.89. The lowest BCUT2D eigenvalue weighted by Gasteiger charge is -1.97. The van der Waals surface area contributed by atoms with Crippen molar-refractivity contribution in [3.05, 3.63) is 71.2 Å². The predicted octanol–water partition coefficient (Wildman–Crippen LogP) is 3.73. The minimum atomic E-state index is -0.263. The summed E-state index contributed by atoms with van der Waals surface area (Å²) in [5, 5.41) is 13.8. The molecule has 0 aliphatic rings. The van der Waals surface area contributed by atoms with Crippen LogP contribution in [0.3, 0.4) is 0 Å². The summed E-state index contributed by atoms with van der Waals surface area (Å²) in [7, 11) is 0. The lowest BCUT2D eigenvalue weighted by molar-refractivity contribution is -0.111. The number of amides is 1. The highest BCUT2D eigenvalue weighted by atomic mass is 32.1. The zero-order chi connectivity index (χ0) is 16.8. The summed E-state index contributed by atoms with van der Waals surface area (Å²) in [6.07, 6.45) is 4.82. The first-order valence-electron chi connectivity index (χ1n) is 7.11. The van der Waals surface area contributed by atoms with Crippen LogP contribution in [0.4, 0.5) is 5.13 Å². The molecule has 1 aromatic carbocycles. The number of nitrogens with one attached hydrogen (secondary N) is 1. The Morgan fingerprint density at radius 3 is 2.71 bits per heavy atom. The number of rotatable bonds is 4. The van der Waals surface area contributed by atoms with Gasteiger partial charge in [-0.05, 0) is 35.9 Å². The van der Waals surface area contributed by atoms with Gasteiger partial charge in [0.05, 0.1) is 17.3 Å². The highest BCUT2D eigenvalue weighted by Gasteiger charge is 2.06. The number of pyridine rings is 1. The van der Waals surface area contributed by atoms with Gasteiger partial charge >= 0.3 is 0 Å². The number of hydrogen-bond donors (Lipinski definition) is 1. The van der Waals surface area contributed by atoms with Crippen molar-refractivity contribution in [3.63, 3.8) is 0 Å². The van der Waals surface area contributed by atoms with Crippen molar-refractivity contribution in [1.29, 1.82) is 5.26 Å². The first kappa shape index (κ1) is 15.6. The van der Waals surface area contributed by atoms with Crippen LogP contribution in [0.5, 0.6) is 0 Å². The van der Waals surface area contributed by atoms with E-state index >= 15 is 0 Å². The fraction of sp³-hybridized carbons (Fsp3) is 0. The summed E-state index contributed by atoms with van der Waals surface area (Å²) in [4.78, 5) is 20.5. The van der Waals surface area contributed by atoms with Crippen LogP contribution in [0.1, 0.15) is 11.1 Å². The van der Waals surface area contributed by atoms with Crippen molar-refractivity contribution in [1.82, 2.24) is 9.97 Å². The fourth-order valence-electron chi connectivity index (χ4n) is 1.95. The molecule has 0 aliphatic carbocycles. The molecule has 3 aromatic rings. The highest BCUT2D eigenvalue weighted by Crippen LogP contribution is 2.23. The third-order valence-electron chi connectivity index (χ3n) is 3.13. The number of hydrogen-bond acceptors (Lipinski definition) is 5. The smallest absolute Gasteiger partial charge is 0.250 e. The molecule has 1 amide bonds. The van der Waals surface area contributed by atoms with Gasteiger partial charge in [-0.25, -0.2) is 4.98 Å². The molecule has 24 heavy (non-hydrogen) atoms. The topological polar surface area (TPSA) is 78.7 Å². The van der Waals surface area contributed by atoms with E-state index in [0.717, 1.165) is 17.0 Å². The van der Waals surface area contributed by atoms with Gasteiger partial charge in [-0.1, -0.05) is 18.2 Å². The SMILES string of the molecule is N#Cc1ccc(/C=C/C(=O)Nc2nc(-c3ccccn3)cs2)cc1. The summed E-state index contributed by atoms with van der Waals surface area (Å²) in [5.74, 6) is -0.263. The van der Waals surface area contributed by atoms with E-state index in [4.69, 9.17) is 5.26 Å². The predicted molar refractivity (Wildman–Crippen MR) is 94.2 cm³/mol. The van der Waals surface area contributed by atoms with Gasteiger partial charge in [0.1, 0.15) is 5.69 Å². The zero-order valence-electron chi connectivity index (χ0n) is 12.5. The Hall–Kier alpha value is -3.30. The van der Waals surface area contributed by atoms with Crippen LogP contribution in [-0.2, 0) is 4.79 Å². The number of nitriles is 1. The van der Waals surface area contributed by atoms with E-state index in [9.17, 15) is 4.79 Å². The summed E-state index contributed by atoms with van der Waals surface area (Å²) < 4.78 is 0. The van der Waals surface area contributed by atoms with Gasteiger partial charge < -0.3 is 0 Å². The van der Waals surface area contributed by atoms with E-state index in [-0.39, 0.29) is 5.91 Å². The van der Waals surface area contributed by atoms with Gasteiger partial charge in [0.25, 0.3) is 0 Å². The Bertz CT molecular complexity index is 908. The molecule has 116 valence electrons. The van der Waals surface area contributed by atoms with Crippen LogP contribution in [0.2, 0.25) is 0 Å². The van der Waals surface area contributed by atoms with Gasteiger partial charge in [0, 0.05) is 17.7 Å². The van der Waals surface area contributed by atoms with Gasteiger partial charge in [0.2, 0.25) is 5.91 Å². The number of nitrogens with zero attached hydrogens (tertiary/aromatic N) is 3. The van der Waals surface area contributed by atoms with Crippen molar-refractivity contribution in [3.8, 4) is 17.5 Å². The monoisotopic (exact) mass is 332 g/mol. The van der Waals surface area contributed by atoms with Crippen LogP contribution in [-0.4, -0.2) is 15.9 Å². The lowest BCUT2D eigenvalue weighted by Crippen LogP contribution is -2.07. The molecule has 0 fully saturated rings. The molecule has 2 aromatic heterocycles. The van der Waals surface area contributed by atoms with E-state index in [1.54, 1.807) is 36.5 Å². The summed E-state index contributed by atoms with van der Waals surface area (Å²) in [6, 6.07) is 14.6. The number of carbonyl (C=O) groups excluding carboxylic acids is 1. The second-order valence-corrected chi connectivity index (χ2v) is 5.67. The van der Waals surface area contributed by atoms with Crippen molar-refractivity contribution in [2.45, 2.75) is 0 Å². The number of carbonyl (C=O) groups is 1. The van der Waals surface area contributed by atoms with Crippen molar-refractivity contribution in [2.75, 3.05) is 5.32 Å². The van der Waals surface area contributed by atoms with Crippen LogP contribution >= 0.6 is 11.3 Å². The molecule has 0 bridgehead atoms. The maximum atomic E-state index is 12.0. The zero-order valence-corrected chi connectivity index (χ0v) is 13.3. The Balaban J connectivity index is 1.63. The first-order valence-corrected chi connectivity index (χ1v) is 7.99. The largest absolute Gasteiger partial charge is 0.298 e. The van der Waals surface area contributed by atoms with Gasteiger partial charge in [0.15, 0.2) is 5.13 Å². The molecule has 1 N–H and O–H groups in total. The van der Waals surface area contributed by atoms with Crippen molar-refractivity contribution in [2.24, 2.45) is 0 Å². The van der Waals surface area contributed by atoms with Crippen LogP contribution in [0.15, 0.2) is 60.1 Å². The molecule has 0 unspecified atom stereocenters. The number of benzene rings is 1. The van der Waals surface area contributed by atoms with Crippen molar-refractivity contribution >= 4 is 28.5 Å². The average molecular weight is 332 g/mol. The standard InChI is InChI=1S/C18H12N4OS/c19-11-14-6-4-13(5-7-14)8-9-17(23)22-18-21-16(12-24-18)15-3-1-2-10-20-15/h1-10,12H,(H,21,22,23)/b9-8+. The number of anilines is 1. The van der Waals surface area contributed by atoms with E-state index in [1.807, 2.05) is 23.6 Å². The van der Waals surface area contributed by atoms with Crippen molar-refractivity contribution < 1.29 is 4.79 Å². The molecule has 6 heteroatoms. The second-order valence-electron chi connectivity index (χ2n) is 4.81. The maximum absolute atomic E-state index is 12.0. The maximum Gasteiger partial charge on any atom is 0.250 e.